The second kappa shape index (κ2) is 5.12. The van der Waals surface area contributed by atoms with Gasteiger partial charge < -0.3 is 10.1 Å². The molecule has 2 fully saturated rings. The Morgan fingerprint density at radius 3 is 2.89 bits per heavy atom. The fourth-order valence-electron chi connectivity index (χ4n) is 2.77. The molecule has 2 atom stereocenters. The maximum Gasteiger partial charge on any atom is 0.0931 e. The first kappa shape index (κ1) is 12.9. The molecule has 1 saturated carbocycles. The van der Waals surface area contributed by atoms with Crippen molar-refractivity contribution in [1.82, 2.24) is 5.32 Å². The van der Waals surface area contributed by atoms with E-state index in [1.807, 2.05) is 6.07 Å². The van der Waals surface area contributed by atoms with Crippen LogP contribution in [0.4, 0.5) is 0 Å². The molecule has 18 heavy (non-hydrogen) atoms. The van der Waals surface area contributed by atoms with E-state index in [0.29, 0.717) is 6.10 Å². The molecule has 3 rings (SSSR count). The van der Waals surface area contributed by atoms with Gasteiger partial charge in [0.15, 0.2) is 0 Å². The molecule has 2 heterocycles. The van der Waals surface area contributed by atoms with E-state index in [1.165, 1.54) is 17.7 Å². The van der Waals surface area contributed by atoms with Crippen LogP contribution >= 0.6 is 22.9 Å². The van der Waals surface area contributed by atoms with Crippen LogP contribution in [-0.2, 0) is 11.2 Å². The highest BCUT2D eigenvalue weighted by Crippen LogP contribution is 2.40. The van der Waals surface area contributed by atoms with Gasteiger partial charge in [0.25, 0.3) is 0 Å². The zero-order valence-electron chi connectivity index (χ0n) is 10.7. The lowest BCUT2D eigenvalue weighted by Gasteiger charge is -2.32. The summed E-state index contributed by atoms with van der Waals surface area (Å²) in [4.78, 5) is 1.38. The first-order chi connectivity index (χ1) is 8.68. The van der Waals surface area contributed by atoms with Gasteiger partial charge >= 0.3 is 0 Å². The Labute approximate surface area is 118 Å². The molecule has 1 aliphatic carbocycles. The highest BCUT2D eigenvalue weighted by Gasteiger charge is 2.42. The fraction of sp³-hybridized carbons (Fsp3) is 0.714. The molecule has 1 aliphatic heterocycles. The minimum atomic E-state index is 0.261. The summed E-state index contributed by atoms with van der Waals surface area (Å²) in [7, 11) is 0. The van der Waals surface area contributed by atoms with Crippen molar-refractivity contribution in [3.63, 3.8) is 0 Å². The lowest BCUT2D eigenvalue weighted by Crippen LogP contribution is -2.41. The van der Waals surface area contributed by atoms with Gasteiger partial charge in [-0.15, -0.1) is 11.3 Å². The Kier molecular flexibility index (Phi) is 3.68. The summed E-state index contributed by atoms with van der Waals surface area (Å²) >= 11 is 7.74. The Balaban J connectivity index is 1.71. The van der Waals surface area contributed by atoms with E-state index in [9.17, 15) is 0 Å². The highest BCUT2D eigenvalue weighted by molar-refractivity contribution is 7.16. The smallest absolute Gasteiger partial charge is 0.0931 e. The Bertz CT molecular complexity index is 418. The third kappa shape index (κ3) is 2.74. The summed E-state index contributed by atoms with van der Waals surface area (Å²) in [6, 6.07) is 4.93. The summed E-state index contributed by atoms with van der Waals surface area (Å²) in [5.74, 6) is 0. The van der Waals surface area contributed by atoms with Crippen LogP contribution in [0.5, 0.6) is 0 Å². The second-order valence-corrected chi connectivity index (χ2v) is 7.46. The maximum atomic E-state index is 6.04. The molecule has 2 unspecified atom stereocenters. The topological polar surface area (TPSA) is 21.3 Å². The number of thiophene rings is 1. The molecule has 2 aliphatic rings. The first-order valence-electron chi connectivity index (χ1n) is 6.77. The van der Waals surface area contributed by atoms with Crippen LogP contribution in [0.2, 0.25) is 4.34 Å². The van der Waals surface area contributed by atoms with Gasteiger partial charge in [0, 0.05) is 29.5 Å². The number of rotatable bonds is 5. The van der Waals surface area contributed by atoms with Gasteiger partial charge in [-0.1, -0.05) is 11.6 Å². The third-order valence-electron chi connectivity index (χ3n) is 4.31. The Morgan fingerprint density at radius 1 is 1.50 bits per heavy atom. The van der Waals surface area contributed by atoms with E-state index in [4.69, 9.17) is 16.3 Å². The number of hydrogen-bond acceptors (Lipinski definition) is 3. The van der Waals surface area contributed by atoms with E-state index in [-0.39, 0.29) is 5.41 Å². The standard InChI is InChI=1S/C14H20ClNOS/c1-10-14(6-7-17-10,9-16-11-2-3-11)8-12-4-5-13(15)18-12/h4-5,10-11,16H,2-3,6-9H2,1H3. The van der Waals surface area contributed by atoms with Gasteiger partial charge in [-0.25, -0.2) is 0 Å². The molecule has 0 radical (unpaired) electrons. The van der Waals surface area contributed by atoms with Crippen molar-refractivity contribution in [1.29, 1.82) is 0 Å². The van der Waals surface area contributed by atoms with Crippen molar-refractivity contribution < 1.29 is 4.74 Å². The van der Waals surface area contributed by atoms with E-state index in [2.05, 4.69) is 18.3 Å². The van der Waals surface area contributed by atoms with Crippen molar-refractivity contribution in [2.75, 3.05) is 13.2 Å². The quantitative estimate of drug-likeness (QED) is 0.894. The van der Waals surface area contributed by atoms with Gasteiger partial charge in [0.2, 0.25) is 0 Å². The number of nitrogens with one attached hydrogen (secondary N) is 1. The zero-order chi connectivity index (χ0) is 12.6. The summed E-state index contributed by atoms with van der Waals surface area (Å²) in [5.41, 5.74) is 0.261. The number of hydrogen-bond donors (Lipinski definition) is 1. The average molecular weight is 286 g/mol. The molecular formula is C14H20ClNOS. The van der Waals surface area contributed by atoms with Gasteiger partial charge in [-0.2, -0.15) is 0 Å². The van der Waals surface area contributed by atoms with E-state index < -0.39 is 0 Å². The second-order valence-electron chi connectivity index (χ2n) is 5.66. The van der Waals surface area contributed by atoms with Gasteiger partial charge in [0.1, 0.15) is 0 Å². The summed E-state index contributed by atoms with van der Waals surface area (Å²) in [5, 5.41) is 3.69. The molecule has 1 aromatic rings. The minimum Gasteiger partial charge on any atom is -0.378 e. The third-order valence-corrected chi connectivity index (χ3v) is 5.54. The molecule has 1 aromatic heterocycles. The monoisotopic (exact) mass is 285 g/mol. The van der Waals surface area contributed by atoms with Crippen LogP contribution in [-0.4, -0.2) is 25.3 Å². The van der Waals surface area contributed by atoms with Gasteiger partial charge in [-0.3, -0.25) is 0 Å². The van der Waals surface area contributed by atoms with Crippen LogP contribution in [0.3, 0.4) is 0 Å². The van der Waals surface area contributed by atoms with Crippen LogP contribution in [0, 0.1) is 5.41 Å². The van der Waals surface area contributed by atoms with Crippen molar-refractivity contribution in [3.05, 3.63) is 21.3 Å². The molecule has 4 heteroatoms. The SMILES string of the molecule is CC1OCCC1(CNC1CC1)Cc1ccc(Cl)s1. The molecular weight excluding hydrogens is 266 g/mol. The molecule has 2 nitrogen and oxygen atoms in total. The van der Waals surface area contributed by atoms with Crippen LogP contribution < -0.4 is 5.32 Å². The van der Waals surface area contributed by atoms with Crippen LogP contribution in [0.25, 0.3) is 0 Å². The average Bonchev–Trinajstić information content (AvgIpc) is 3.00. The first-order valence-corrected chi connectivity index (χ1v) is 7.97. The summed E-state index contributed by atoms with van der Waals surface area (Å²) in [6.45, 7) is 4.19. The molecule has 0 bridgehead atoms. The molecule has 0 spiro atoms. The van der Waals surface area contributed by atoms with Crippen molar-refractivity contribution in [2.24, 2.45) is 5.41 Å². The number of ether oxygens (including phenoxy) is 1. The molecule has 0 aromatic carbocycles. The lowest BCUT2D eigenvalue weighted by molar-refractivity contribution is 0.0632. The predicted molar refractivity (Wildman–Crippen MR) is 76.5 cm³/mol. The molecule has 1 N–H and O–H groups in total. The van der Waals surface area contributed by atoms with Crippen LogP contribution in [0.1, 0.15) is 31.1 Å². The lowest BCUT2D eigenvalue weighted by atomic mass is 9.78. The predicted octanol–water partition coefficient (Wildman–Crippen LogP) is 3.49. The van der Waals surface area contributed by atoms with Crippen molar-refractivity contribution >= 4 is 22.9 Å². The zero-order valence-corrected chi connectivity index (χ0v) is 12.3. The van der Waals surface area contributed by atoms with Crippen molar-refractivity contribution in [3.8, 4) is 0 Å². The van der Waals surface area contributed by atoms with Crippen molar-refractivity contribution in [2.45, 2.75) is 44.8 Å². The Morgan fingerprint density at radius 2 is 2.33 bits per heavy atom. The minimum absolute atomic E-state index is 0.261. The number of halogens is 1. The van der Waals surface area contributed by atoms with Gasteiger partial charge in [-0.05, 0) is 44.7 Å². The normalized spacial score (nSPS) is 32.0. The summed E-state index contributed by atoms with van der Waals surface area (Å²) < 4.78 is 6.72. The highest BCUT2D eigenvalue weighted by atomic mass is 35.5. The van der Waals surface area contributed by atoms with Gasteiger partial charge in [0.05, 0.1) is 10.4 Å². The molecule has 1 saturated heterocycles. The molecule has 100 valence electrons. The fourth-order valence-corrected chi connectivity index (χ4v) is 4.02. The molecule has 0 amide bonds. The maximum absolute atomic E-state index is 6.04. The van der Waals surface area contributed by atoms with E-state index >= 15 is 0 Å². The largest absolute Gasteiger partial charge is 0.378 e. The van der Waals surface area contributed by atoms with E-state index in [1.54, 1.807) is 11.3 Å². The Hall–Kier alpha value is -0.0900. The van der Waals surface area contributed by atoms with E-state index in [0.717, 1.165) is 36.4 Å². The van der Waals surface area contributed by atoms with Crippen LogP contribution in [0.15, 0.2) is 12.1 Å². The summed E-state index contributed by atoms with van der Waals surface area (Å²) in [6.07, 6.45) is 5.27.